The SMILES string of the molecule is CCOC(=O)OC1(C)OCc2ccccc2-n2cccc21. The average molecular weight is 287 g/mol. The van der Waals surface area contributed by atoms with Crippen LogP contribution in [-0.4, -0.2) is 17.3 Å². The number of nitrogens with zero attached hydrogens (tertiary/aromatic N) is 1. The molecule has 2 heterocycles. The summed E-state index contributed by atoms with van der Waals surface area (Å²) in [7, 11) is 0. The molecule has 1 aliphatic heterocycles. The summed E-state index contributed by atoms with van der Waals surface area (Å²) in [5.74, 6) is -1.19. The van der Waals surface area contributed by atoms with Gasteiger partial charge in [0.05, 0.1) is 24.6 Å². The Balaban J connectivity index is 2.02. The first-order valence-electron chi connectivity index (χ1n) is 6.90. The summed E-state index contributed by atoms with van der Waals surface area (Å²) < 4.78 is 18.1. The third kappa shape index (κ3) is 2.40. The Morgan fingerprint density at radius 2 is 2.14 bits per heavy atom. The lowest BCUT2D eigenvalue weighted by Crippen LogP contribution is -2.33. The summed E-state index contributed by atoms with van der Waals surface area (Å²) in [5.41, 5.74) is 2.81. The predicted octanol–water partition coefficient (Wildman–Crippen LogP) is 3.35. The standard InChI is InChI=1S/C16H17NO4/c1-3-19-15(18)21-16(2)14-9-6-10-17(14)13-8-5-4-7-12(13)11-20-16/h4-10H,3,11H2,1-2H3. The van der Waals surface area contributed by atoms with E-state index >= 15 is 0 Å². The van der Waals surface area contributed by atoms with Crippen molar-refractivity contribution in [2.75, 3.05) is 6.61 Å². The van der Waals surface area contributed by atoms with Gasteiger partial charge in [0.2, 0.25) is 0 Å². The van der Waals surface area contributed by atoms with Crippen molar-refractivity contribution in [3.05, 3.63) is 53.9 Å². The largest absolute Gasteiger partial charge is 0.511 e. The van der Waals surface area contributed by atoms with Crippen molar-refractivity contribution < 1.29 is 19.0 Å². The molecule has 0 fully saturated rings. The van der Waals surface area contributed by atoms with Crippen molar-refractivity contribution >= 4 is 6.16 Å². The second-order valence-corrected chi connectivity index (χ2v) is 4.91. The summed E-state index contributed by atoms with van der Waals surface area (Å²) in [6.07, 6.45) is 1.19. The topological polar surface area (TPSA) is 49.7 Å². The van der Waals surface area contributed by atoms with Gasteiger partial charge >= 0.3 is 6.16 Å². The second-order valence-electron chi connectivity index (χ2n) is 4.91. The van der Waals surface area contributed by atoms with E-state index in [9.17, 15) is 4.79 Å². The van der Waals surface area contributed by atoms with Crippen LogP contribution in [0.1, 0.15) is 25.1 Å². The van der Waals surface area contributed by atoms with Crippen LogP contribution in [0.3, 0.4) is 0 Å². The maximum absolute atomic E-state index is 11.7. The summed E-state index contributed by atoms with van der Waals surface area (Å²) >= 11 is 0. The van der Waals surface area contributed by atoms with Crippen LogP contribution in [0.25, 0.3) is 5.69 Å². The van der Waals surface area contributed by atoms with Crippen molar-refractivity contribution in [2.24, 2.45) is 0 Å². The number of carbonyl (C=O) groups excluding carboxylic acids is 1. The lowest BCUT2D eigenvalue weighted by molar-refractivity contribution is -0.218. The summed E-state index contributed by atoms with van der Waals surface area (Å²) in [5, 5.41) is 0. The molecule has 0 aliphatic carbocycles. The quantitative estimate of drug-likeness (QED) is 0.795. The molecule has 1 aromatic heterocycles. The van der Waals surface area contributed by atoms with Gasteiger partial charge in [-0.3, -0.25) is 0 Å². The second kappa shape index (κ2) is 5.26. The predicted molar refractivity (Wildman–Crippen MR) is 76.0 cm³/mol. The minimum absolute atomic E-state index is 0.260. The number of aromatic nitrogens is 1. The Labute approximate surface area is 123 Å². The highest BCUT2D eigenvalue weighted by Crippen LogP contribution is 2.35. The van der Waals surface area contributed by atoms with Crippen LogP contribution in [0.15, 0.2) is 42.6 Å². The Kier molecular flexibility index (Phi) is 3.43. The van der Waals surface area contributed by atoms with Crippen molar-refractivity contribution in [1.82, 2.24) is 4.57 Å². The van der Waals surface area contributed by atoms with Gasteiger partial charge in [0.15, 0.2) is 0 Å². The third-order valence-electron chi connectivity index (χ3n) is 3.51. The number of benzene rings is 1. The molecule has 0 amide bonds. The van der Waals surface area contributed by atoms with Gasteiger partial charge in [0.25, 0.3) is 5.79 Å². The van der Waals surface area contributed by atoms with Gasteiger partial charge in [-0.1, -0.05) is 18.2 Å². The van der Waals surface area contributed by atoms with E-state index in [0.717, 1.165) is 16.9 Å². The van der Waals surface area contributed by atoms with Gasteiger partial charge < -0.3 is 18.8 Å². The number of hydrogen-bond acceptors (Lipinski definition) is 4. The highest BCUT2D eigenvalue weighted by Gasteiger charge is 2.38. The minimum Gasteiger partial charge on any atom is -0.435 e. The van der Waals surface area contributed by atoms with E-state index in [1.54, 1.807) is 13.8 Å². The molecule has 110 valence electrons. The van der Waals surface area contributed by atoms with E-state index in [1.165, 1.54) is 0 Å². The Morgan fingerprint density at radius 1 is 1.33 bits per heavy atom. The number of hydrogen-bond donors (Lipinski definition) is 0. The molecule has 0 saturated heterocycles. The lowest BCUT2D eigenvalue weighted by Gasteiger charge is -2.27. The summed E-state index contributed by atoms with van der Waals surface area (Å²) in [6.45, 7) is 4.07. The van der Waals surface area contributed by atoms with E-state index in [4.69, 9.17) is 14.2 Å². The van der Waals surface area contributed by atoms with Crippen LogP contribution in [0, 0.1) is 0 Å². The first-order valence-corrected chi connectivity index (χ1v) is 6.90. The van der Waals surface area contributed by atoms with E-state index in [1.807, 2.05) is 47.2 Å². The average Bonchev–Trinajstić information content (AvgIpc) is 2.92. The van der Waals surface area contributed by atoms with E-state index < -0.39 is 11.9 Å². The Bertz CT molecular complexity index is 664. The molecular formula is C16H17NO4. The van der Waals surface area contributed by atoms with Crippen molar-refractivity contribution in [3.63, 3.8) is 0 Å². The van der Waals surface area contributed by atoms with Crippen molar-refractivity contribution in [2.45, 2.75) is 26.2 Å². The molecule has 0 bridgehead atoms. The van der Waals surface area contributed by atoms with Crippen LogP contribution < -0.4 is 0 Å². The number of rotatable bonds is 2. The smallest absolute Gasteiger partial charge is 0.435 e. The van der Waals surface area contributed by atoms with E-state index in [2.05, 4.69) is 0 Å². The van der Waals surface area contributed by atoms with Gasteiger partial charge in [0, 0.05) is 18.7 Å². The zero-order valence-corrected chi connectivity index (χ0v) is 12.0. The summed E-state index contributed by atoms with van der Waals surface area (Å²) in [4.78, 5) is 11.7. The minimum atomic E-state index is -1.19. The number of ether oxygens (including phenoxy) is 3. The van der Waals surface area contributed by atoms with Crippen LogP contribution in [0.5, 0.6) is 0 Å². The molecule has 2 aromatic rings. The normalized spacial score (nSPS) is 20.1. The van der Waals surface area contributed by atoms with Crippen molar-refractivity contribution in [3.8, 4) is 5.69 Å². The molecule has 21 heavy (non-hydrogen) atoms. The monoisotopic (exact) mass is 287 g/mol. The van der Waals surface area contributed by atoms with E-state index in [-0.39, 0.29) is 6.61 Å². The van der Waals surface area contributed by atoms with Gasteiger partial charge in [0.1, 0.15) is 0 Å². The molecule has 5 nitrogen and oxygen atoms in total. The highest BCUT2D eigenvalue weighted by atomic mass is 16.8. The molecule has 1 aliphatic rings. The molecular weight excluding hydrogens is 270 g/mol. The Hall–Kier alpha value is -2.27. The number of fused-ring (bicyclic) bond motifs is 3. The zero-order chi connectivity index (χ0) is 14.9. The molecule has 1 unspecified atom stereocenters. The van der Waals surface area contributed by atoms with Crippen molar-refractivity contribution in [1.29, 1.82) is 0 Å². The first-order chi connectivity index (χ1) is 10.1. The van der Waals surface area contributed by atoms with Gasteiger partial charge in [-0.2, -0.15) is 0 Å². The molecule has 5 heteroatoms. The van der Waals surface area contributed by atoms with E-state index in [0.29, 0.717) is 6.61 Å². The van der Waals surface area contributed by atoms with Gasteiger partial charge in [-0.15, -0.1) is 0 Å². The molecule has 3 rings (SSSR count). The summed E-state index contributed by atoms with van der Waals surface area (Å²) in [6, 6.07) is 11.7. The fraction of sp³-hybridized carbons (Fsp3) is 0.312. The number of carbonyl (C=O) groups is 1. The molecule has 0 N–H and O–H groups in total. The first kappa shape index (κ1) is 13.7. The van der Waals surface area contributed by atoms with Gasteiger partial charge in [-0.05, 0) is 25.1 Å². The fourth-order valence-electron chi connectivity index (χ4n) is 2.51. The maximum Gasteiger partial charge on any atom is 0.511 e. The zero-order valence-electron chi connectivity index (χ0n) is 12.0. The van der Waals surface area contributed by atoms with Crippen LogP contribution in [-0.2, 0) is 26.6 Å². The molecule has 1 atom stereocenters. The maximum atomic E-state index is 11.7. The number of para-hydroxylation sites is 1. The van der Waals surface area contributed by atoms with Crippen LogP contribution >= 0.6 is 0 Å². The highest BCUT2D eigenvalue weighted by molar-refractivity contribution is 5.60. The van der Waals surface area contributed by atoms with Crippen LogP contribution in [0.4, 0.5) is 4.79 Å². The fourth-order valence-corrected chi connectivity index (χ4v) is 2.51. The lowest BCUT2D eigenvalue weighted by atomic mass is 10.2. The molecule has 0 saturated carbocycles. The molecule has 0 radical (unpaired) electrons. The third-order valence-corrected chi connectivity index (χ3v) is 3.51. The van der Waals surface area contributed by atoms with Gasteiger partial charge in [-0.25, -0.2) is 4.79 Å². The molecule has 1 aromatic carbocycles. The van der Waals surface area contributed by atoms with Crippen LogP contribution in [0.2, 0.25) is 0 Å². The molecule has 0 spiro atoms. The Morgan fingerprint density at radius 3 is 2.95 bits per heavy atom.